The number of carboxylic acid groups (broad SMARTS) is 1. The van der Waals surface area contributed by atoms with Crippen molar-refractivity contribution in [3.05, 3.63) is 64.7 Å². The average molecular weight is 322 g/mol. The summed E-state index contributed by atoms with van der Waals surface area (Å²) >= 11 is 0. The number of hydrogen-bond donors (Lipinski definition) is 1. The highest BCUT2D eigenvalue weighted by Gasteiger charge is 2.18. The summed E-state index contributed by atoms with van der Waals surface area (Å²) in [5, 5.41) is 17.7. The van der Waals surface area contributed by atoms with Gasteiger partial charge in [0.15, 0.2) is 0 Å². The van der Waals surface area contributed by atoms with E-state index in [1.54, 1.807) is 12.1 Å². The second-order valence-electron chi connectivity index (χ2n) is 5.88. The Hall–Kier alpha value is -2.84. The molecule has 0 aromatic heterocycles. The summed E-state index contributed by atoms with van der Waals surface area (Å²) < 4.78 is 5.83. The Bertz CT molecular complexity index is 778. The molecular weight excluding hydrogens is 304 g/mol. The monoisotopic (exact) mass is 322 g/mol. The first-order valence-electron chi connectivity index (χ1n) is 7.82. The van der Waals surface area contributed by atoms with E-state index in [1.165, 1.54) is 5.56 Å². The molecule has 0 aliphatic carbocycles. The van der Waals surface area contributed by atoms with Gasteiger partial charge in [0.05, 0.1) is 18.2 Å². The van der Waals surface area contributed by atoms with Crippen LogP contribution in [0.2, 0.25) is 0 Å². The van der Waals surface area contributed by atoms with Gasteiger partial charge < -0.3 is 9.84 Å². The molecule has 0 amide bonds. The maximum atomic E-state index is 10.8. The largest absolute Gasteiger partial charge is 0.489 e. The quantitative estimate of drug-likeness (QED) is 0.916. The number of hydrogen-bond acceptors (Lipinski definition) is 4. The van der Waals surface area contributed by atoms with Crippen molar-refractivity contribution in [1.82, 2.24) is 4.90 Å². The second kappa shape index (κ2) is 7.16. The number of aliphatic carboxylic acids is 1. The van der Waals surface area contributed by atoms with Gasteiger partial charge in [-0.1, -0.05) is 18.2 Å². The minimum atomic E-state index is -0.791. The zero-order valence-electron chi connectivity index (χ0n) is 13.2. The third-order valence-corrected chi connectivity index (χ3v) is 4.12. The highest BCUT2D eigenvalue weighted by molar-refractivity contribution is 5.69. The van der Waals surface area contributed by atoms with Crippen LogP contribution in [0.15, 0.2) is 42.5 Å². The molecule has 0 unspecified atom stereocenters. The van der Waals surface area contributed by atoms with Gasteiger partial charge in [0.25, 0.3) is 0 Å². The zero-order chi connectivity index (χ0) is 16.9. The van der Waals surface area contributed by atoms with E-state index in [9.17, 15) is 4.79 Å². The number of fused-ring (bicyclic) bond motifs is 1. The SMILES string of the molecule is N#Cc1ccc(COc2ccc3c(c2)CCN(CC(=O)O)C3)cc1. The lowest BCUT2D eigenvalue weighted by molar-refractivity contribution is -0.138. The molecule has 3 rings (SSSR count). The normalized spacial score (nSPS) is 13.8. The summed E-state index contributed by atoms with van der Waals surface area (Å²) in [5.41, 5.74) is 4.03. The molecular formula is C19H18N2O3. The first-order valence-corrected chi connectivity index (χ1v) is 7.82. The molecule has 122 valence electrons. The molecule has 24 heavy (non-hydrogen) atoms. The van der Waals surface area contributed by atoms with Crippen molar-refractivity contribution in [2.75, 3.05) is 13.1 Å². The van der Waals surface area contributed by atoms with Crippen molar-refractivity contribution in [3.8, 4) is 11.8 Å². The summed E-state index contributed by atoms with van der Waals surface area (Å²) in [7, 11) is 0. The Kier molecular flexibility index (Phi) is 4.78. The van der Waals surface area contributed by atoms with Crippen LogP contribution in [0.1, 0.15) is 22.3 Å². The molecule has 2 aromatic carbocycles. The number of nitriles is 1. The molecule has 0 radical (unpaired) electrons. The fourth-order valence-corrected chi connectivity index (χ4v) is 2.85. The van der Waals surface area contributed by atoms with Crippen LogP contribution < -0.4 is 4.74 Å². The number of rotatable bonds is 5. The van der Waals surface area contributed by atoms with E-state index in [-0.39, 0.29) is 6.54 Å². The molecule has 1 N–H and O–H groups in total. The first kappa shape index (κ1) is 16.0. The Balaban J connectivity index is 1.62. The maximum absolute atomic E-state index is 10.8. The number of carbonyl (C=O) groups is 1. The minimum Gasteiger partial charge on any atom is -0.489 e. The van der Waals surface area contributed by atoms with Crippen molar-refractivity contribution in [1.29, 1.82) is 5.26 Å². The van der Waals surface area contributed by atoms with Crippen LogP contribution in [-0.4, -0.2) is 29.1 Å². The van der Waals surface area contributed by atoms with E-state index in [0.29, 0.717) is 18.7 Å². The van der Waals surface area contributed by atoms with E-state index in [4.69, 9.17) is 15.1 Å². The molecule has 1 heterocycles. The van der Waals surface area contributed by atoms with Crippen LogP contribution in [0.5, 0.6) is 5.75 Å². The number of nitrogens with zero attached hydrogens (tertiary/aromatic N) is 2. The van der Waals surface area contributed by atoms with Crippen molar-refractivity contribution in [3.63, 3.8) is 0 Å². The van der Waals surface area contributed by atoms with Crippen LogP contribution in [0.4, 0.5) is 0 Å². The maximum Gasteiger partial charge on any atom is 0.317 e. The highest BCUT2D eigenvalue weighted by Crippen LogP contribution is 2.24. The number of carboxylic acids is 1. The van der Waals surface area contributed by atoms with Gasteiger partial charge in [-0.2, -0.15) is 5.26 Å². The van der Waals surface area contributed by atoms with Crippen molar-refractivity contribution >= 4 is 5.97 Å². The summed E-state index contributed by atoms with van der Waals surface area (Å²) in [5.74, 6) is 0.0191. The van der Waals surface area contributed by atoms with Gasteiger partial charge in [0.2, 0.25) is 0 Å². The lowest BCUT2D eigenvalue weighted by atomic mass is 9.99. The average Bonchev–Trinajstić information content (AvgIpc) is 2.60. The Morgan fingerprint density at radius 2 is 2.00 bits per heavy atom. The summed E-state index contributed by atoms with van der Waals surface area (Å²) in [4.78, 5) is 12.7. The van der Waals surface area contributed by atoms with E-state index in [0.717, 1.165) is 29.8 Å². The fourth-order valence-electron chi connectivity index (χ4n) is 2.85. The van der Waals surface area contributed by atoms with E-state index >= 15 is 0 Å². The third-order valence-electron chi connectivity index (χ3n) is 4.12. The van der Waals surface area contributed by atoms with Gasteiger partial charge in [0, 0.05) is 13.1 Å². The van der Waals surface area contributed by atoms with E-state index < -0.39 is 5.97 Å². The predicted octanol–water partition coefficient (Wildman–Crippen LogP) is 2.58. The summed E-state index contributed by atoms with van der Waals surface area (Å²) in [6.45, 7) is 1.95. The Morgan fingerprint density at radius 1 is 1.21 bits per heavy atom. The standard InChI is InChI=1S/C19H18N2O3/c20-10-14-1-3-15(4-2-14)13-24-18-6-5-17-11-21(12-19(22)23)8-7-16(17)9-18/h1-6,9H,7-8,11-13H2,(H,22,23). The molecule has 0 saturated carbocycles. The van der Waals surface area contributed by atoms with Gasteiger partial charge in [-0.15, -0.1) is 0 Å². The molecule has 0 spiro atoms. The van der Waals surface area contributed by atoms with Crippen LogP contribution in [0.3, 0.4) is 0 Å². The molecule has 0 atom stereocenters. The van der Waals surface area contributed by atoms with Gasteiger partial charge in [-0.3, -0.25) is 9.69 Å². The predicted molar refractivity (Wildman–Crippen MR) is 88.5 cm³/mol. The molecule has 1 aliphatic heterocycles. The van der Waals surface area contributed by atoms with Gasteiger partial charge in [-0.25, -0.2) is 0 Å². The summed E-state index contributed by atoms with van der Waals surface area (Å²) in [6, 6.07) is 15.4. The van der Waals surface area contributed by atoms with Crippen molar-refractivity contribution in [2.45, 2.75) is 19.6 Å². The molecule has 0 saturated heterocycles. The topological polar surface area (TPSA) is 73.6 Å². The van der Waals surface area contributed by atoms with E-state index in [1.807, 2.05) is 35.2 Å². The second-order valence-corrected chi connectivity index (χ2v) is 5.88. The first-order chi connectivity index (χ1) is 11.6. The Morgan fingerprint density at radius 3 is 2.71 bits per heavy atom. The molecule has 2 aromatic rings. The molecule has 5 heteroatoms. The molecule has 0 fully saturated rings. The minimum absolute atomic E-state index is 0.0797. The fraction of sp³-hybridized carbons (Fsp3) is 0.263. The Labute approximate surface area is 140 Å². The van der Waals surface area contributed by atoms with Crippen molar-refractivity contribution in [2.24, 2.45) is 0 Å². The third kappa shape index (κ3) is 3.92. The molecule has 1 aliphatic rings. The van der Waals surface area contributed by atoms with Gasteiger partial charge in [-0.05, 0) is 47.4 Å². The van der Waals surface area contributed by atoms with Crippen molar-refractivity contribution < 1.29 is 14.6 Å². The smallest absolute Gasteiger partial charge is 0.317 e. The highest BCUT2D eigenvalue weighted by atomic mass is 16.5. The number of ether oxygens (including phenoxy) is 1. The van der Waals surface area contributed by atoms with Crippen LogP contribution in [-0.2, 0) is 24.4 Å². The molecule has 5 nitrogen and oxygen atoms in total. The van der Waals surface area contributed by atoms with Gasteiger partial charge >= 0.3 is 5.97 Å². The lowest BCUT2D eigenvalue weighted by Crippen LogP contribution is -2.34. The van der Waals surface area contributed by atoms with Crippen LogP contribution >= 0.6 is 0 Å². The zero-order valence-corrected chi connectivity index (χ0v) is 13.2. The summed E-state index contributed by atoms with van der Waals surface area (Å²) in [6.07, 6.45) is 0.830. The van der Waals surface area contributed by atoms with E-state index in [2.05, 4.69) is 6.07 Å². The lowest BCUT2D eigenvalue weighted by Gasteiger charge is -2.27. The number of benzene rings is 2. The van der Waals surface area contributed by atoms with Crippen LogP contribution in [0.25, 0.3) is 0 Å². The van der Waals surface area contributed by atoms with Crippen LogP contribution in [0, 0.1) is 11.3 Å². The van der Waals surface area contributed by atoms with Gasteiger partial charge in [0.1, 0.15) is 12.4 Å². The molecule has 0 bridgehead atoms.